The standard InChI is InChI=1S/C59H115NO5/c1-3-5-7-9-11-13-15-17-19-20-21-22-25-29-33-37-41-45-49-53-59(64)65-54-50-46-42-38-34-30-26-23-24-28-32-36-40-44-48-52-58(63)60-56(55-61)57(62)51-47-43-39-35-31-27-18-16-14-12-10-8-6-4-2/h26,30,56-57,61-62H,3-25,27-29,31-55H2,1-2H3,(H,60,63)/b30-26-. The Morgan fingerprint density at radius 3 is 1.09 bits per heavy atom. The third-order valence-corrected chi connectivity index (χ3v) is 13.8. The molecule has 0 radical (unpaired) electrons. The third-order valence-electron chi connectivity index (χ3n) is 13.8. The van der Waals surface area contributed by atoms with Crippen LogP contribution in [0.15, 0.2) is 12.2 Å². The highest BCUT2D eigenvalue weighted by Crippen LogP contribution is 2.18. The second kappa shape index (κ2) is 55.2. The topological polar surface area (TPSA) is 95.9 Å². The van der Waals surface area contributed by atoms with E-state index in [4.69, 9.17) is 4.74 Å². The van der Waals surface area contributed by atoms with E-state index in [1.54, 1.807) is 0 Å². The Bertz CT molecular complexity index is 970. The maximum atomic E-state index is 12.5. The predicted octanol–water partition coefficient (Wildman–Crippen LogP) is 18.1. The summed E-state index contributed by atoms with van der Waals surface area (Å²) in [5.74, 6) is -0.0530. The Hall–Kier alpha value is -1.40. The second-order valence-electron chi connectivity index (χ2n) is 20.3. The predicted molar refractivity (Wildman–Crippen MR) is 283 cm³/mol. The summed E-state index contributed by atoms with van der Waals surface area (Å²) in [6, 6.07) is -0.551. The smallest absolute Gasteiger partial charge is 0.305 e. The van der Waals surface area contributed by atoms with Crippen LogP contribution in [0.25, 0.3) is 0 Å². The molecule has 0 bridgehead atoms. The lowest BCUT2D eigenvalue weighted by Crippen LogP contribution is -2.45. The van der Waals surface area contributed by atoms with Gasteiger partial charge in [-0.15, -0.1) is 0 Å². The molecule has 0 heterocycles. The minimum atomic E-state index is -0.673. The van der Waals surface area contributed by atoms with Crippen molar-refractivity contribution in [2.75, 3.05) is 13.2 Å². The van der Waals surface area contributed by atoms with E-state index in [0.29, 0.717) is 25.9 Å². The van der Waals surface area contributed by atoms with Crippen LogP contribution in [0, 0.1) is 0 Å². The summed E-state index contributed by atoms with van der Waals surface area (Å²) in [6.45, 7) is 4.94. The highest BCUT2D eigenvalue weighted by molar-refractivity contribution is 5.76. The molecule has 2 atom stereocenters. The summed E-state index contributed by atoms with van der Waals surface area (Å²) >= 11 is 0. The SMILES string of the molecule is CCCCCCCCCCCCCCCCCCCCCC(=O)OCCCCCC/C=C\CCCCCCCCCC(=O)NC(CO)C(O)CCCCCCCCCCCCCCCC. The van der Waals surface area contributed by atoms with Crippen LogP contribution >= 0.6 is 0 Å². The Labute approximate surface area is 406 Å². The molecule has 0 fully saturated rings. The van der Waals surface area contributed by atoms with E-state index in [1.165, 1.54) is 225 Å². The van der Waals surface area contributed by atoms with Crippen LogP contribution in [0.3, 0.4) is 0 Å². The number of ether oxygens (including phenoxy) is 1. The molecule has 386 valence electrons. The van der Waals surface area contributed by atoms with Gasteiger partial charge in [-0.3, -0.25) is 9.59 Å². The number of hydrogen-bond acceptors (Lipinski definition) is 5. The number of amides is 1. The molecule has 2 unspecified atom stereocenters. The monoisotopic (exact) mass is 918 g/mol. The summed E-state index contributed by atoms with van der Waals surface area (Å²) < 4.78 is 5.48. The Morgan fingerprint density at radius 2 is 0.723 bits per heavy atom. The maximum absolute atomic E-state index is 12.5. The van der Waals surface area contributed by atoms with E-state index in [1.807, 2.05) is 0 Å². The van der Waals surface area contributed by atoms with E-state index >= 15 is 0 Å². The van der Waals surface area contributed by atoms with Crippen molar-refractivity contribution in [3.63, 3.8) is 0 Å². The molecular formula is C59H115NO5. The number of rotatable bonds is 55. The second-order valence-corrected chi connectivity index (χ2v) is 20.3. The van der Waals surface area contributed by atoms with Crippen LogP contribution < -0.4 is 5.32 Å². The molecule has 3 N–H and O–H groups in total. The third kappa shape index (κ3) is 51.8. The summed E-state index contributed by atoms with van der Waals surface area (Å²) in [5, 5.41) is 23.2. The molecule has 0 aliphatic heterocycles. The van der Waals surface area contributed by atoms with Gasteiger partial charge in [0, 0.05) is 12.8 Å². The average Bonchev–Trinajstić information content (AvgIpc) is 3.31. The fourth-order valence-electron chi connectivity index (χ4n) is 9.28. The molecule has 0 aromatic heterocycles. The zero-order valence-electron chi connectivity index (χ0n) is 44.0. The van der Waals surface area contributed by atoms with Crippen molar-refractivity contribution in [1.82, 2.24) is 5.32 Å². The number of carbonyl (C=O) groups excluding carboxylic acids is 2. The van der Waals surface area contributed by atoms with Crippen molar-refractivity contribution in [2.24, 2.45) is 0 Å². The van der Waals surface area contributed by atoms with Crippen molar-refractivity contribution in [3.05, 3.63) is 12.2 Å². The zero-order valence-corrected chi connectivity index (χ0v) is 44.0. The van der Waals surface area contributed by atoms with E-state index in [9.17, 15) is 19.8 Å². The largest absolute Gasteiger partial charge is 0.466 e. The Morgan fingerprint density at radius 1 is 0.415 bits per heavy atom. The molecule has 1 amide bonds. The molecule has 6 heteroatoms. The molecule has 0 saturated heterocycles. The molecule has 65 heavy (non-hydrogen) atoms. The first-order valence-electron chi connectivity index (χ1n) is 29.4. The maximum Gasteiger partial charge on any atom is 0.305 e. The highest BCUT2D eigenvalue weighted by atomic mass is 16.5. The summed E-state index contributed by atoms with van der Waals surface area (Å²) in [7, 11) is 0. The lowest BCUT2D eigenvalue weighted by Gasteiger charge is -2.22. The number of carbonyl (C=O) groups is 2. The minimum absolute atomic E-state index is 0.00470. The van der Waals surface area contributed by atoms with Gasteiger partial charge in [-0.05, 0) is 51.4 Å². The normalized spacial score (nSPS) is 12.6. The Balaban J connectivity index is 3.43. The van der Waals surface area contributed by atoms with Crippen LogP contribution in [-0.2, 0) is 14.3 Å². The molecular weight excluding hydrogens is 803 g/mol. The number of esters is 1. The minimum Gasteiger partial charge on any atom is -0.466 e. The molecule has 0 rings (SSSR count). The van der Waals surface area contributed by atoms with Gasteiger partial charge in [-0.25, -0.2) is 0 Å². The molecule has 0 saturated carbocycles. The van der Waals surface area contributed by atoms with Crippen LogP contribution in [0.5, 0.6) is 0 Å². The molecule has 0 aromatic rings. The summed E-state index contributed by atoms with van der Waals surface area (Å²) in [5.41, 5.74) is 0. The number of unbranched alkanes of at least 4 members (excludes halogenated alkanes) is 42. The number of hydrogen-bond donors (Lipinski definition) is 3. The first-order chi connectivity index (χ1) is 32.0. The van der Waals surface area contributed by atoms with E-state index in [0.717, 1.165) is 70.6 Å². The van der Waals surface area contributed by atoms with Gasteiger partial charge in [0.1, 0.15) is 0 Å². The zero-order chi connectivity index (χ0) is 47.2. The van der Waals surface area contributed by atoms with Crippen LogP contribution in [-0.4, -0.2) is 47.4 Å². The van der Waals surface area contributed by atoms with Gasteiger partial charge in [0.25, 0.3) is 0 Å². The van der Waals surface area contributed by atoms with Gasteiger partial charge in [-0.1, -0.05) is 276 Å². The Kier molecular flexibility index (Phi) is 54.0. The first-order valence-corrected chi connectivity index (χ1v) is 29.4. The number of nitrogens with one attached hydrogen (secondary N) is 1. The van der Waals surface area contributed by atoms with Gasteiger partial charge >= 0.3 is 5.97 Å². The highest BCUT2D eigenvalue weighted by Gasteiger charge is 2.20. The van der Waals surface area contributed by atoms with Crippen molar-refractivity contribution in [2.45, 2.75) is 341 Å². The summed E-state index contributed by atoms with van der Waals surface area (Å²) in [6.07, 6.45) is 64.9. The summed E-state index contributed by atoms with van der Waals surface area (Å²) in [4.78, 5) is 24.5. The molecule has 0 spiro atoms. The fourth-order valence-corrected chi connectivity index (χ4v) is 9.28. The van der Waals surface area contributed by atoms with Gasteiger partial charge in [-0.2, -0.15) is 0 Å². The molecule has 0 aromatic carbocycles. The van der Waals surface area contributed by atoms with Crippen molar-refractivity contribution < 1.29 is 24.5 Å². The molecule has 6 nitrogen and oxygen atoms in total. The van der Waals surface area contributed by atoms with Crippen LogP contribution in [0.4, 0.5) is 0 Å². The van der Waals surface area contributed by atoms with Gasteiger partial charge in [0.2, 0.25) is 5.91 Å². The van der Waals surface area contributed by atoms with E-state index in [2.05, 4.69) is 31.3 Å². The lowest BCUT2D eigenvalue weighted by atomic mass is 10.0. The number of aliphatic hydroxyl groups is 2. The van der Waals surface area contributed by atoms with Crippen LogP contribution in [0.1, 0.15) is 328 Å². The van der Waals surface area contributed by atoms with Gasteiger partial charge < -0.3 is 20.3 Å². The van der Waals surface area contributed by atoms with E-state index < -0.39 is 12.1 Å². The number of aliphatic hydroxyl groups excluding tert-OH is 2. The quantitative estimate of drug-likeness (QED) is 0.0321. The first kappa shape index (κ1) is 63.6. The molecule has 0 aliphatic rings. The lowest BCUT2D eigenvalue weighted by molar-refractivity contribution is -0.143. The van der Waals surface area contributed by atoms with Crippen molar-refractivity contribution in [1.29, 1.82) is 0 Å². The van der Waals surface area contributed by atoms with Gasteiger partial charge in [0.05, 0.1) is 25.4 Å². The number of allylic oxidation sites excluding steroid dienone is 2. The van der Waals surface area contributed by atoms with Crippen LogP contribution in [0.2, 0.25) is 0 Å². The van der Waals surface area contributed by atoms with Gasteiger partial charge in [0.15, 0.2) is 0 Å². The molecule has 0 aliphatic carbocycles. The fraction of sp³-hybridized carbons (Fsp3) is 0.932. The average molecular weight is 919 g/mol. The van der Waals surface area contributed by atoms with E-state index in [-0.39, 0.29) is 18.5 Å². The van der Waals surface area contributed by atoms with Crippen molar-refractivity contribution in [3.8, 4) is 0 Å². The van der Waals surface area contributed by atoms with Crippen molar-refractivity contribution >= 4 is 11.9 Å².